The van der Waals surface area contributed by atoms with Crippen molar-refractivity contribution < 1.29 is 31.8 Å². The lowest BCUT2D eigenvalue weighted by molar-refractivity contribution is -0.169. The van der Waals surface area contributed by atoms with Crippen molar-refractivity contribution in [1.29, 1.82) is 0 Å². The predicted octanol–water partition coefficient (Wildman–Crippen LogP) is 2.02. The Hall–Kier alpha value is -1.99. The summed E-state index contributed by atoms with van der Waals surface area (Å²) >= 11 is 0. The van der Waals surface area contributed by atoms with E-state index in [4.69, 9.17) is 9.47 Å². The third-order valence-corrected chi connectivity index (χ3v) is 2.88. The van der Waals surface area contributed by atoms with Crippen LogP contribution >= 0.6 is 0 Å². The van der Waals surface area contributed by atoms with Crippen molar-refractivity contribution in [2.24, 2.45) is 0 Å². The molecule has 0 radical (unpaired) electrons. The third-order valence-electron chi connectivity index (χ3n) is 2.88. The molecule has 116 valence electrons. The van der Waals surface area contributed by atoms with Crippen LogP contribution in [0.15, 0.2) is 18.2 Å². The van der Waals surface area contributed by atoms with Crippen molar-refractivity contribution in [3.05, 3.63) is 23.8 Å². The Morgan fingerprint density at radius 2 is 1.90 bits per heavy atom. The third kappa shape index (κ3) is 3.56. The minimum Gasteiger partial charge on any atom is -0.486 e. The molecule has 0 fully saturated rings. The van der Waals surface area contributed by atoms with Crippen LogP contribution in [0, 0.1) is 0 Å². The van der Waals surface area contributed by atoms with Crippen LogP contribution in [0.4, 0.5) is 17.6 Å². The fraction of sp³-hybridized carbons (Fsp3) is 0.462. The van der Waals surface area contributed by atoms with Gasteiger partial charge in [-0.2, -0.15) is 8.78 Å². The fourth-order valence-electron chi connectivity index (χ4n) is 1.78. The molecule has 2 rings (SSSR count). The highest BCUT2D eigenvalue weighted by atomic mass is 19.3. The summed E-state index contributed by atoms with van der Waals surface area (Å²) in [6, 6.07) is 5.01. The van der Waals surface area contributed by atoms with Gasteiger partial charge in [-0.05, 0) is 24.1 Å². The number of amides is 1. The summed E-state index contributed by atoms with van der Waals surface area (Å²) in [7, 11) is 0. The number of alkyl halides is 4. The summed E-state index contributed by atoms with van der Waals surface area (Å²) in [4.78, 5) is 10.9. The van der Waals surface area contributed by atoms with E-state index in [0.29, 0.717) is 30.3 Å². The van der Waals surface area contributed by atoms with Crippen LogP contribution < -0.4 is 14.8 Å². The molecule has 1 N–H and O–H groups in total. The Balaban J connectivity index is 1.88. The molecule has 1 amide bonds. The molecule has 0 saturated carbocycles. The summed E-state index contributed by atoms with van der Waals surface area (Å²) in [5, 5.41) is 1.79. The van der Waals surface area contributed by atoms with Crippen molar-refractivity contribution in [2.45, 2.75) is 18.8 Å². The first-order chi connectivity index (χ1) is 9.91. The summed E-state index contributed by atoms with van der Waals surface area (Å²) in [6.45, 7) is 0.680. The molecule has 0 aliphatic carbocycles. The molecule has 1 aromatic rings. The lowest BCUT2D eigenvalue weighted by atomic mass is 10.1. The van der Waals surface area contributed by atoms with E-state index in [9.17, 15) is 22.4 Å². The minimum absolute atomic E-state index is 0.180. The van der Waals surface area contributed by atoms with Crippen LogP contribution in [-0.4, -0.2) is 38.0 Å². The topological polar surface area (TPSA) is 47.6 Å². The molecule has 8 heteroatoms. The van der Waals surface area contributed by atoms with Crippen molar-refractivity contribution >= 4 is 5.91 Å². The summed E-state index contributed by atoms with van der Waals surface area (Å²) in [5.41, 5.74) is 0.708. The van der Waals surface area contributed by atoms with Crippen molar-refractivity contribution in [3.63, 3.8) is 0 Å². The largest absolute Gasteiger partial charge is 0.486 e. The number of benzene rings is 1. The van der Waals surface area contributed by atoms with Gasteiger partial charge in [0.05, 0.1) is 0 Å². The van der Waals surface area contributed by atoms with Gasteiger partial charge in [-0.15, -0.1) is 0 Å². The molecule has 0 spiro atoms. The zero-order chi connectivity index (χ0) is 15.5. The normalized spacial score (nSPS) is 14.1. The molecule has 0 saturated heterocycles. The Morgan fingerprint density at radius 1 is 1.24 bits per heavy atom. The van der Waals surface area contributed by atoms with Gasteiger partial charge in [0.1, 0.15) is 13.2 Å². The number of halogens is 4. The first-order valence-electron chi connectivity index (χ1n) is 6.24. The number of hydrogen-bond donors (Lipinski definition) is 1. The van der Waals surface area contributed by atoms with Crippen LogP contribution in [-0.2, 0) is 11.2 Å². The van der Waals surface area contributed by atoms with Crippen molar-refractivity contribution in [1.82, 2.24) is 5.32 Å². The molecule has 0 aromatic heterocycles. The van der Waals surface area contributed by atoms with Crippen LogP contribution in [0.3, 0.4) is 0 Å². The quantitative estimate of drug-likeness (QED) is 0.847. The Labute approximate surface area is 118 Å². The van der Waals surface area contributed by atoms with Gasteiger partial charge in [-0.3, -0.25) is 4.79 Å². The molecule has 0 atom stereocenters. The van der Waals surface area contributed by atoms with E-state index < -0.39 is 18.3 Å². The summed E-state index contributed by atoms with van der Waals surface area (Å²) in [5.74, 6) is -5.54. The maximum atomic E-state index is 12.7. The van der Waals surface area contributed by atoms with E-state index in [1.165, 1.54) is 0 Å². The van der Waals surface area contributed by atoms with Gasteiger partial charge in [-0.25, -0.2) is 8.78 Å². The maximum Gasteiger partial charge on any atom is 0.383 e. The molecule has 0 bridgehead atoms. The fourth-order valence-corrected chi connectivity index (χ4v) is 1.78. The average molecular weight is 307 g/mol. The van der Waals surface area contributed by atoms with Crippen molar-refractivity contribution in [3.8, 4) is 11.5 Å². The SMILES string of the molecule is O=C(NCCc1ccc2c(c1)OCCO2)C(F)(F)C(F)F. The zero-order valence-electron chi connectivity index (χ0n) is 10.9. The van der Waals surface area contributed by atoms with E-state index >= 15 is 0 Å². The zero-order valence-corrected chi connectivity index (χ0v) is 10.9. The number of nitrogens with one attached hydrogen (secondary N) is 1. The number of carbonyl (C=O) groups excluding carboxylic acids is 1. The predicted molar refractivity (Wildman–Crippen MR) is 65.1 cm³/mol. The van der Waals surface area contributed by atoms with Gasteiger partial charge in [0.25, 0.3) is 5.91 Å². The van der Waals surface area contributed by atoms with E-state index in [0.717, 1.165) is 0 Å². The second-order valence-corrected chi connectivity index (χ2v) is 4.41. The molecule has 21 heavy (non-hydrogen) atoms. The van der Waals surface area contributed by atoms with Crippen LogP contribution in [0.25, 0.3) is 0 Å². The standard InChI is InChI=1S/C13H13F4NO3/c14-11(15)13(16,17)12(19)18-4-3-8-1-2-9-10(7-8)21-6-5-20-9/h1-2,7,11H,3-6H2,(H,18,19). The Bertz CT molecular complexity index is 522. The van der Waals surface area contributed by atoms with Crippen LogP contribution in [0.5, 0.6) is 11.5 Å². The van der Waals surface area contributed by atoms with Crippen LogP contribution in [0.2, 0.25) is 0 Å². The number of ether oxygens (including phenoxy) is 2. The number of rotatable bonds is 5. The minimum atomic E-state index is -4.67. The molecule has 4 nitrogen and oxygen atoms in total. The number of carbonyl (C=O) groups is 1. The highest BCUT2D eigenvalue weighted by Gasteiger charge is 2.48. The first-order valence-corrected chi connectivity index (χ1v) is 6.24. The first kappa shape index (κ1) is 15.4. The Morgan fingerprint density at radius 3 is 2.57 bits per heavy atom. The van der Waals surface area contributed by atoms with Gasteiger partial charge >= 0.3 is 12.3 Å². The monoisotopic (exact) mass is 307 g/mol. The average Bonchev–Trinajstić information content (AvgIpc) is 2.46. The lowest BCUT2D eigenvalue weighted by Crippen LogP contribution is -2.45. The van der Waals surface area contributed by atoms with Crippen molar-refractivity contribution in [2.75, 3.05) is 19.8 Å². The number of fused-ring (bicyclic) bond motifs is 1. The molecular weight excluding hydrogens is 294 g/mol. The van der Waals surface area contributed by atoms with Gasteiger partial charge in [0, 0.05) is 6.54 Å². The van der Waals surface area contributed by atoms with Gasteiger partial charge < -0.3 is 14.8 Å². The van der Waals surface area contributed by atoms with Crippen LogP contribution in [0.1, 0.15) is 5.56 Å². The molecular formula is C13H13F4NO3. The molecule has 1 heterocycles. The maximum absolute atomic E-state index is 12.7. The smallest absolute Gasteiger partial charge is 0.383 e. The van der Waals surface area contributed by atoms with E-state index in [-0.39, 0.29) is 13.0 Å². The van der Waals surface area contributed by atoms with E-state index in [1.807, 2.05) is 0 Å². The second-order valence-electron chi connectivity index (χ2n) is 4.41. The van der Waals surface area contributed by atoms with Gasteiger partial charge in [0.2, 0.25) is 0 Å². The molecule has 1 aliphatic heterocycles. The summed E-state index contributed by atoms with van der Waals surface area (Å²) in [6.07, 6.45) is -3.81. The molecule has 1 aromatic carbocycles. The second kappa shape index (κ2) is 6.19. The van der Waals surface area contributed by atoms with Gasteiger partial charge in [-0.1, -0.05) is 6.07 Å². The molecule has 1 aliphatic rings. The van der Waals surface area contributed by atoms with Gasteiger partial charge in [0.15, 0.2) is 11.5 Å². The molecule has 0 unspecified atom stereocenters. The van der Waals surface area contributed by atoms with E-state index in [2.05, 4.69) is 0 Å². The Kier molecular flexibility index (Phi) is 4.54. The lowest BCUT2D eigenvalue weighted by Gasteiger charge is -2.19. The number of hydrogen-bond acceptors (Lipinski definition) is 3. The highest BCUT2D eigenvalue weighted by molar-refractivity contribution is 5.83. The summed E-state index contributed by atoms with van der Waals surface area (Å²) < 4.78 is 60.0. The van der Waals surface area contributed by atoms with E-state index in [1.54, 1.807) is 23.5 Å². The highest BCUT2D eigenvalue weighted by Crippen LogP contribution is 2.30.